The number of hydrogen-bond acceptors (Lipinski definition) is 1. The summed E-state index contributed by atoms with van der Waals surface area (Å²) in [7, 11) is 2.00. The largest absolute Gasteiger partial charge is 0.342 e. The van der Waals surface area contributed by atoms with Crippen molar-refractivity contribution in [3.63, 3.8) is 0 Å². The van der Waals surface area contributed by atoms with Crippen molar-refractivity contribution in [2.24, 2.45) is 23.7 Å². The van der Waals surface area contributed by atoms with Gasteiger partial charge in [-0.25, -0.2) is 4.39 Å². The molecule has 0 heterocycles. The Kier molecular flexibility index (Phi) is 3.90. The van der Waals surface area contributed by atoms with Gasteiger partial charge in [0.2, 0.25) is 5.91 Å². The molecular formula is C20H26FNO. The summed E-state index contributed by atoms with van der Waals surface area (Å²) in [6.45, 7) is 0. The molecule has 4 bridgehead atoms. The van der Waals surface area contributed by atoms with Crippen molar-refractivity contribution < 1.29 is 9.18 Å². The molecule has 0 saturated heterocycles. The van der Waals surface area contributed by atoms with Crippen LogP contribution < -0.4 is 0 Å². The maximum absolute atomic E-state index is 13.2. The molecule has 4 fully saturated rings. The van der Waals surface area contributed by atoms with Crippen molar-refractivity contribution in [3.05, 3.63) is 35.6 Å². The van der Waals surface area contributed by atoms with E-state index in [1.807, 2.05) is 18.0 Å². The molecule has 2 nitrogen and oxygen atoms in total. The van der Waals surface area contributed by atoms with E-state index >= 15 is 0 Å². The summed E-state index contributed by atoms with van der Waals surface area (Å²) in [5.41, 5.74) is 0.914. The summed E-state index contributed by atoms with van der Waals surface area (Å²) in [5.74, 6) is 3.34. The van der Waals surface area contributed by atoms with Gasteiger partial charge in [-0.1, -0.05) is 12.1 Å². The van der Waals surface area contributed by atoms with E-state index in [0.717, 1.165) is 29.2 Å². The monoisotopic (exact) mass is 315 g/mol. The molecule has 1 amide bonds. The number of carbonyl (C=O) groups is 1. The summed E-state index contributed by atoms with van der Waals surface area (Å²) in [5, 5.41) is 0. The molecule has 1 aromatic carbocycles. The minimum Gasteiger partial charge on any atom is -0.342 e. The average molecular weight is 315 g/mol. The molecule has 1 aromatic rings. The Bertz CT molecular complexity index is 571. The number of rotatable bonds is 4. The van der Waals surface area contributed by atoms with E-state index in [4.69, 9.17) is 0 Å². The van der Waals surface area contributed by atoms with Crippen LogP contribution in [0.4, 0.5) is 4.39 Å². The highest BCUT2D eigenvalue weighted by Crippen LogP contribution is 2.55. The zero-order chi connectivity index (χ0) is 16.0. The van der Waals surface area contributed by atoms with E-state index in [9.17, 15) is 9.18 Å². The van der Waals surface area contributed by atoms with E-state index in [1.54, 1.807) is 6.07 Å². The molecule has 23 heavy (non-hydrogen) atoms. The fraction of sp³-hybridized carbons (Fsp3) is 0.650. The third kappa shape index (κ3) is 2.90. The van der Waals surface area contributed by atoms with Gasteiger partial charge in [-0.05, 0) is 79.9 Å². The second-order valence-corrected chi connectivity index (χ2v) is 8.06. The highest BCUT2D eigenvalue weighted by atomic mass is 19.1. The van der Waals surface area contributed by atoms with Crippen molar-refractivity contribution in [1.29, 1.82) is 0 Å². The summed E-state index contributed by atoms with van der Waals surface area (Å²) < 4.78 is 13.2. The topological polar surface area (TPSA) is 20.3 Å². The summed E-state index contributed by atoms with van der Waals surface area (Å²) in [6.07, 6.45) is 7.89. The normalized spacial score (nSPS) is 34.6. The van der Waals surface area contributed by atoms with Gasteiger partial charge in [-0.15, -0.1) is 0 Å². The highest BCUT2D eigenvalue weighted by Gasteiger charge is 2.50. The van der Waals surface area contributed by atoms with Gasteiger partial charge in [0, 0.05) is 19.5 Å². The maximum Gasteiger partial charge on any atom is 0.222 e. The predicted octanol–water partition coefficient (Wildman–Crippen LogP) is 4.04. The molecule has 4 aliphatic rings. The molecule has 4 aliphatic carbocycles. The smallest absolute Gasteiger partial charge is 0.222 e. The molecule has 5 rings (SSSR count). The molecule has 0 unspecified atom stereocenters. The molecule has 0 radical (unpaired) electrons. The van der Waals surface area contributed by atoms with Crippen LogP contribution in [0.2, 0.25) is 0 Å². The molecule has 4 saturated carbocycles. The fourth-order valence-electron chi connectivity index (χ4n) is 5.82. The molecule has 3 heteroatoms. The fourth-order valence-corrected chi connectivity index (χ4v) is 5.82. The van der Waals surface area contributed by atoms with Gasteiger partial charge in [-0.2, -0.15) is 0 Å². The van der Waals surface area contributed by atoms with Gasteiger partial charge >= 0.3 is 0 Å². The number of benzene rings is 1. The van der Waals surface area contributed by atoms with Crippen LogP contribution in [0.15, 0.2) is 24.3 Å². The van der Waals surface area contributed by atoms with Crippen LogP contribution in [0.1, 0.15) is 44.1 Å². The van der Waals surface area contributed by atoms with E-state index in [1.165, 1.54) is 44.2 Å². The molecule has 0 atom stereocenters. The first-order valence-corrected chi connectivity index (χ1v) is 9.10. The zero-order valence-corrected chi connectivity index (χ0v) is 13.9. The standard InChI is InChI=1S/C20H26FNO/c1-22(19(23)6-5-13-3-2-4-18(21)12-13)20-16-8-14-7-15(10-16)11-17(20)9-14/h2-4,12,14-17,20H,5-11H2,1H3. The van der Waals surface area contributed by atoms with Crippen molar-refractivity contribution in [2.75, 3.05) is 7.05 Å². The highest BCUT2D eigenvalue weighted by molar-refractivity contribution is 5.76. The SMILES string of the molecule is CN(C(=O)CCc1cccc(F)c1)C1C2CC3CC(C2)CC1C3. The van der Waals surface area contributed by atoms with Gasteiger partial charge in [-0.3, -0.25) is 4.79 Å². The number of aryl methyl sites for hydroxylation is 1. The first-order valence-electron chi connectivity index (χ1n) is 9.10. The first kappa shape index (κ1) is 15.2. The number of hydrogen-bond donors (Lipinski definition) is 0. The predicted molar refractivity (Wildman–Crippen MR) is 88.3 cm³/mol. The maximum atomic E-state index is 13.2. The number of carbonyl (C=O) groups excluding carboxylic acids is 1. The average Bonchev–Trinajstić information content (AvgIpc) is 2.51. The Morgan fingerprint density at radius 3 is 2.39 bits per heavy atom. The van der Waals surface area contributed by atoms with Crippen LogP contribution in [0.5, 0.6) is 0 Å². The van der Waals surface area contributed by atoms with Crippen molar-refractivity contribution in [2.45, 2.75) is 51.0 Å². The summed E-state index contributed by atoms with van der Waals surface area (Å²) in [4.78, 5) is 14.7. The van der Waals surface area contributed by atoms with Gasteiger partial charge in [0.25, 0.3) is 0 Å². The number of amides is 1. The van der Waals surface area contributed by atoms with Crippen LogP contribution >= 0.6 is 0 Å². The first-order chi connectivity index (χ1) is 11.1. The zero-order valence-electron chi connectivity index (χ0n) is 13.9. The van der Waals surface area contributed by atoms with E-state index in [0.29, 0.717) is 18.9 Å². The van der Waals surface area contributed by atoms with Crippen LogP contribution in [0.3, 0.4) is 0 Å². The van der Waals surface area contributed by atoms with E-state index in [-0.39, 0.29) is 11.7 Å². The summed E-state index contributed by atoms with van der Waals surface area (Å²) >= 11 is 0. The lowest BCUT2D eigenvalue weighted by Gasteiger charge is -2.56. The van der Waals surface area contributed by atoms with Gasteiger partial charge < -0.3 is 4.90 Å². The molecule has 0 aliphatic heterocycles. The molecule has 0 N–H and O–H groups in total. The molecule has 0 spiro atoms. The molecule has 124 valence electrons. The van der Waals surface area contributed by atoms with Crippen LogP contribution in [-0.2, 0) is 11.2 Å². The minimum absolute atomic E-state index is 0.218. The number of nitrogens with zero attached hydrogens (tertiary/aromatic N) is 1. The Morgan fingerprint density at radius 2 is 1.78 bits per heavy atom. The second-order valence-electron chi connectivity index (χ2n) is 8.06. The van der Waals surface area contributed by atoms with Crippen molar-refractivity contribution >= 4 is 5.91 Å². The minimum atomic E-state index is -0.218. The Balaban J connectivity index is 1.38. The van der Waals surface area contributed by atoms with Crippen LogP contribution in [-0.4, -0.2) is 23.9 Å². The quantitative estimate of drug-likeness (QED) is 0.821. The van der Waals surface area contributed by atoms with Gasteiger partial charge in [0.1, 0.15) is 5.82 Å². The second kappa shape index (κ2) is 5.92. The third-order valence-electron chi connectivity index (χ3n) is 6.53. The van der Waals surface area contributed by atoms with E-state index in [2.05, 4.69) is 0 Å². The Morgan fingerprint density at radius 1 is 1.13 bits per heavy atom. The molecular weight excluding hydrogens is 289 g/mol. The van der Waals surface area contributed by atoms with Crippen LogP contribution in [0.25, 0.3) is 0 Å². The van der Waals surface area contributed by atoms with Crippen molar-refractivity contribution in [3.8, 4) is 0 Å². The van der Waals surface area contributed by atoms with E-state index < -0.39 is 0 Å². The number of halogens is 1. The lowest BCUT2D eigenvalue weighted by atomic mass is 9.54. The Labute approximate surface area is 138 Å². The lowest BCUT2D eigenvalue weighted by Crippen LogP contribution is -2.56. The van der Waals surface area contributed by atoms with Gasteiger partial charge in [0.15, 0.2) is 0 Å². The van der Waals surface area contributed by atoms with Crippen LogP contribution in [0, 0.1) is 29.5 Å². The van der Waals surface area contributed by atoms with Crippen molar-refractivity contribution in [1.82, 2.24) is 4.90 Å². The molecule has 0 aromatic heterocycles. The third-order valence-corrected chi connectivity index (χ3v) is 6.53. The van der Waals surface area contributed by atoms with Gasteiger partial charge in [0.05, 0.1) is 0 Å². The summed E-state index contributed by atoms with van der Waals surface area (Å²) in [6, 6.07) is 7.07. The lowest BCUT2D eigenvalue weighted by molar-refractivity contribution is -0.141. The Hall–Kier alpha value is -1.38.